The first-order valence-corrected chi connectivity index (χ1v) is 9.16. The molecule has 0 aliphatic rings. The Morgan fingerprint density at radius 2 is 2.24 bits per heavy atom. The molecule has 2 rings (SSSR count). The van der Waals surface area contributed by atoms with E-state index in [1.807, 2.05) is 12.3 Å². The van der Waals surface area contributed by atoms with E-state index in [1.165, 1.54) is 17.4 Å². The number of hydrogen-bond acceptors (Lipinski definition) is 6. The van der Waals surface area contributed by atoms with Crippen LogP contribution in [0.15, 0.2) is 27.9 Å². The lowest BCUT2D eigenvalue weighted by molar-refractivity contribution is 0.237. The Morgan fingerprint density at radius 1 is 1.48 bits per heavy atom. The summed E-state index contributed by atoms with van der Waals surface area (Å²) in [6, 6.07) is 2.51. The van der Waals surface area contributed by atoms with Crippen molar-refractivity contribution in [3.63, 3.8) is 0 Å². The zero-order chi connectivity index (χ0) is 15.5. The number of urea groups is 1. The number of hydrogen-bond donors (Lipinski definition) is 3. The minimum absolute atomic E-state index is 0.0795. The number of sulfonamides is 1. The number of nitrogens with one attached hydrogen (secondary N) is 2. The maximum absolute atomic E-state index is 11.7. The molecule has 2 aromatic rings. The molecule has 21 heavy (non-hydrogen) atoms. The normalized spacial score (nSPS) is 12.9. The third kappa shape index (κ3) is 4.49. The summed E-state index contributed by atoms with van der Waals surface area (Å²) >= 11 is 2.49. The van der Waals surface area contributed by atoms with E-state index in [2.05, 4.69) is 15.6 Å². The molecule has 0 bridgehead atoms. The molecular weight excluding hydrogens is 332 g/mol. The first-order chi connectivity index (χ1) is 9.86. The van der Waals surface area contributed by atoms with Crippen LogP contribution in [0.5, 0.6) is 0 Å². The van der Waals surface area contributed by atoms with Gasteiger partial charge in [-0.25, -0.2) is 23.3 Å². The maximum atomic E-state index is 11.7. The number of aromatic nitrogens is 1. The van der Waals surface area contributed by atoms with Gasteiger partial charge in [-0.1, -0.05) is 0 Å². The quantitative estimate of drug-likeness (QED) is 0.759. The number of carbonyl (C=O) groups excluding carboxylic acids is 1. The van der Waals surface area contributed by atoms with Gasteiger partial charge < -0.3 is 10.6 Å². The van der Waals surface area contributed by atoms with Crippen molar-refractivity contribution in [1.82, 2.24) is 15.6 Å². The van der Waals surface area contributed by atoms with Gasteiger partial charge in [0, 0.05) is 16.5 Å². The Morgan fingerprint density at radius 3 is 2.81 bits per heavy atom. The van der Waals surface area contributed by atoms with Gasteiger partial charge in [0.2, 0.25) is 10.0 Å². The molecule has 0 aliphatic heterocycles. The van der Waals surface area contributed by atoms with Gasteiger partial charge in [-0.15, -0.1) is 22.7 Å². The van der Waals surface area contributed by atoms with Crippen molar-refractivity contribution in [1.29, 1.82) is 0 Å². The molecule has 0 fully saturated rings. The number of nitrogens with zero attached hydrogens (tertiary/aromatic N) is 1. The Bertz CT molecular complexity index is 709. The van der Waals surface area contributed by atoms with Crippen LogP contribution in [0.25, 0.3) is 0 Å². The highest BCUT2D eigenvalue weighted by Gasteiger charge is 2.13. The SMILES string of the molecule is C[C@@H](NC(=O)NCc1ccc(S(N)(=O)=O)s1)c1nccs1. The van der Waals surface area contributed by atoms with Crippen LogP contribution < -0.4 is 15.8 Å². The summed E-state index contributed by atoms with van der Waals surface area (Å²) in [5.41, 5.74) is 0. The molecule has 4 N–H and O–H groups in total. The fourth-order valence-corrected chi connectivity index (χ4v) is 3.90. The molecule has 0 unspecified atom stereocenters. The zero-order valence-electron chi connectivity index (χ0n) is 11.1. The fraction of sp³-hybridized carbons (Fsp3) is 0.273. The average molecular weight is 346 g/mol. The fourth-order valence-electron chi connectivity index (χ4n) is 1.53. The first-order valence-electron chi connectivity index (χ1n) is 5.91. The van der Waals surface area contributed by atoms with Crippen LogP contribution in [0.2, 0.25) is 0 Å². The summed E-state index contributed by atoms with van der Waals surface area (Å²) < 4.78 is 22.4. The first kappa shape index (κ1) is 15.9. The molecule has 0 aromatic carbocycles. The zero-order valence-corrected chi connectivity index (χ0v) is 13.5. The van der Waals surface area contributed by atoms with Gasteiger partial charge in [-0.2, -0.15) is 0 Å². The van der Waals surface area contributed by atoms with Crippen molar-refractivity contribution in [3.05, 3.63) is 33.6 Å². The molecule has 0 aliphatic carbocycles. The van der Waals surface area contributed by atoms with Gasteiger partial charge in [-0.3, -0.25) is 0 Å². The summed E-state index contributed by atoms with van der Waals surface area (Å²) in [7, 11) is -3.69. The van der Waals surface area contributed by atoms with Crippen molar-refractivity contribution < 1.29 is 13.2 Å². The predicted octanol–water partition coefficient (Wildman–Crippen LogP) is 1.41. The van der Waals surface area contributed by atoms with Crippen LogP contribution >= 0.6 is 22.7 Å². The molecule has 114 valence electrons. The Balaban J connectivity index is 1.85. The standard InChI is InChI=1S/C11H14N4O3S3/c1-7(10-13-4-5-19-10)15-11(16)14-6-8-2-3-9(20-8)21(12,17)18/h2-5,7H,6H2,1H3,(H2,12,17,18)(H2,14,15,16)/t7-/m1/s1. The predicted molar refractivity (Wildman–Crippen MR) is 81.6 cm³/mol. The van der Waals surface area contributed by atoms with Crippen LogP contribution in [-0.2, 0) is 16.6 Å². The van der Waals surface area contributed by atoms with E-state index in [-0.39, 0.29) is 22.8 Å². The van der Waals surface area contributed by atoms with Crippen LogP contribution in [0.1, 0.15) is 22.9 Å². The lowest BCUT2D eigenvalue weighted by atomic mass is 10.3. The van der Waals surface area contributed by atoms with Gasteiger partial charge in [0.15, 0.2) is 0 Å². The van der Waals surface area contributed by atoms with E-state index in [1.54, 1.807) is 12.3 Å². The summed E-state index contributed by atoms with van der Waals surface area (Å²) in [5.74, 6) is 0. The number of nitrogens with two attached hydrogens (primary N) is 1. The molecule has 10 heteroatoms. The highest BCUT2D eigenvalue weighted by Crippen LogP contribution is 2.20. The molecule has 7 nitrogen and oxygen atoms in total. The highest BCUT2D eigenvalue weighted by molar-refractivity contribution is 7.91. The van der Waals surface area contributed by atoms with Crippen LogP contribution in [-0.4, -0.2) is 19.4 Å². The van der Waals surface area contributed by atoms with Crippen molar-refractivity contribution in [2.75, 3.05) is 0 Å². The van der Waals surface area contributed by atoms with E-state index in [4.69, 9.17) is 5.14 Å². The Labute approximate surface area is 130 Å². The third-order valence-corrected chi connectivity index (χ3v) is 5.99. The van der Waals surface area contributed by atoms with Crippen molar-refractivity contribution in [2.24, 2.45) is 5.14 Å². The molecule has 2 amide bonds. The summed E-state index contributed by atoms with van der Waals surface area (Å²) in [5, 5.41) is 13.1. The molecule has 2 heterocycles. The van der Waals surface area contributed by atoms with E-state index in [0.29, 0.717) is 4.88 Å². The average Bonchev–Trinajstić information content (AvgIpc) is 3.07. The molecule has 1 atom stereocenters. The van der Waals surface area contributed by atoms with Gasteiger partial charge in [0.05, 0.1) is 12.6 Å². The van der Waals surface area contributed by atoms with Gasteiger partial charge in [0.25, 0.3) is 0 Å². The number of primary sulfonamides is 1. The smallest absolute Gasteiger partial charge is 0.315 e. The summed E-state index contributed by atoms with van der Waals surface area (Å²) in [4.78, 5) is 16.6. The number of thiazole rings is 1. The van der Waals surface area contributed by atoms with Gasteiger partial charge in [-0.05, 0) is 19.1 Å². The van der Waals surface area contributed by atoms with E-state index in [9.17, 15) is 13.2 Å². The number of amides is 2. The lowest BCUT2D eigenvalue weighted by Gasteiger charge is -2.11. The van der Waals surface area contributed by atoms with Crippen LogP contribution in [0, 0.1) is 0 Å². The van der Waals surface area contributed by atoms with E-state index in [0.717, 1.165) is 16.3 Å². The second-order valence-corrected chi connectivity index (χ2v) is 8.07. The van der Waals surface area contributed by atoms with Gasteiger partial charge in [0.1, 0.15) is 9.22 Å². The topological polar surface area (TPSA) is 114 Å². The minimum Gasteiger partial charge on any atom is -0.333 e. The lowest BCUT2D eigenvalue weighted by Crippen LogP contribution is -2.36. The Kier molecular flexibility index (Phi) is 4.93. The molecule has 0 saturated heterocycles. The van der Waals surface area contributed by atoms with Crippen molar-refractivity contribution >= 4 is 38.7 Å². The third-order valence-electron chi connectivity index (χ3n) is 2.51. The molecule has 2 aromatic heterocycles. The monoisotopic (exact) mass is 346 g/mol. The summed E-state index contributed by atoms with van der Waals surface area (Å²) in [6.45, 7) is 2.07. The second kappa shape index (κ2) is 6.52. The maximum Gasteiger partial charge on any atom is 0.315 e. The molecular formula is C11H14N4O3S3. The van der Waals surface area contributed by atoms with Crippen LogP contribution in [0.3, 0.4) is 0 Å². The molecule has 0 spiro atoms. The van der Waals surface area contributed by atoms with Crippen molar-refractivity contribution in [2.45, 2.75) is 23.7 Å². The van der Waals surface area contributed by atoms with E-state index < -0.39 is 10.0 Å². The number of thiophene rings is 1. The largest absolute Gasteiger partial charge is 0.333 e. The van der Waals surface area contributed by atoms with Gasteiger partial charge >= 0.3 is 6.03 Å². The molecule has 0 radical (unpaired) electrons. The molecule has 0 saturated carbocycles. The second-order valence-electron chi connectivity index (χ2n) is 4.18. The van der Waals surface area contributed by atoms with Crippen LogP contribution in [0.4, 0.5) is 4.79 Å². The minimum atomic E-state index is -3.69. The summed E-state index contributed by atoms with van der Waals surface area (Å²) in [6.07, 6.45) is 1.68. The number of carbonyl (C=O) groups is 1. The highest BCUT2D eigenvalue weighted by atomic mass is 32.2. The van der Waals surface area contributed by atoms with Crippen molar-refractivity contribution in [3.8, 4) is 0 Å². The van der Waals surface area contributed by atoms with E-state index >= 15 is 0 Å². The number of rotatable bonds is 5. The Hall–Kier alpha value is -1.49.